The summed E-state index contributed by atoms with van der Waals surface area (Å²) < 4.78 is 2.00. The lowest BCUT2D eigenvalue weighted by atomic mass is 10.0. The number of fused-ring (bicyclic) bond motifs is 3. The molecule has 5 rings (SSSR count). The van der Waals surface area contributed by atoms with E-state index in [1.165, 1.54) is 11.3 Å². The highest BCUT2D eigenvalue weighted by molar-refractivity contribution is 7.22. The van der Waals surface area contributed by atoms with Crippen LogP contribution in [0.15, 0.2) is 35.9 Å². The number of rotatable bonds is 5. The Labute approximate surface area is 176 Å². The van der Waals surface area contributed by atoms with E-state index in [9.17, 15) is 10.0 Å². The second-order valence-electron chi connectivity index (χ2n) is 7.44. The van der Waals surface area contributed by atoms with Crippen molar-refractivity contribution in [2.75, 3.05) is 5.32 Å². The maximum Gasteiger partial charge on any atom is 0.229 e. The summed E-state index contributed by atoms with van der Waals surface area (Å²) in [5.74, 6) is 0.174. The Morgan fingerprint density at radius 1 is 1.33 bits per heavy atom. The van der Waals surface area contributed by atoms with Crippen LogP contribution in [0.1, 0.15) is 37.4 Å². The molecule has 9 heteroatoms. The molecule has 30 heavy (non-hydrogen) atoms. The molecule has 0 aromatic carbocycles. The number of carbonyl (C=O) groups excluding carboxylic acids is 1. The van der Waals surface area contributed by atoms with E-state index in [0.29, 0.717) is 23.0 Å². The van der Waals surface area contributed by atoms with Crippen molar-refractivity contribution < 1.29 is 10.0 Å². The van der Waals surface area contributed by atoms with Crippen molar-refractivity contribution in [2.45, 2.75) is 33.1 Å². The number of carbonyl (C=O) groups is 1. The van der Waals surface area contributed by atoms with Gasteiger partial charge in [-0.2, -0.15) is 0 Å². The monoisotopic (exact) mass is 420 g/mol. The van der Waals surface area contributed by atoms with Crippen LogP contribution in [0.4, 0.5) is 5.13 Å². The van der Waals surface area contributed by atoms with Crippen LogP contribution in [0.25, 0.3) is 27.1 Å². The van der Waals surface area contributed by atoms with E-state index in [-0.39, 0.29) is 11.8 Å². The van der Waals surface area contributed by atoms with Gasteiger partial charge in [0.05, 0.1) is 5.69 Å². The fourth-order valence-electron chi connectivity index (χ4n) is 3.56. The number of aryl methyl sites for hydroxylation is 1. The number of anilines is 1. The van der Waals surface area contributed by atoms with E-state index < -0.39 is 0 Å². The Bertz CT molecular complexity index is 1320. The van der Waals surface area contributed by atoms with Crippen molar-refractivity contribution in [3.8, 4) is 11.1 Å². The topological polar surface area (TPSA) is 105 Å². The lowest BCUT2D eigenvalue weighted by Crippen LogP contribution is -2.12. The average Bonchev–Trinajstić information content (AvgIpc) is 3.33. The number of aromatic nitrogens is 4. The van der Waals surface area contributed by atoms with E-state index in [1.807, 2.05) is 36.6 Å². The van der Waals surface area contributed by atoms with E-state index in [4.69, 9.17) is 0 Å². The molecule has 1 amide bonds. The van der Waals surface area contributed by atoms with Crippen LogP contribution in [0.2, 0.25) is 0 Å². The molecule has 152 valence electrons. The van der Waals surface area contributed by atoms with Gasteiger partial charge in [-0.1, -0.05) is 23.4 Å². The summed E-state index contributed by atoms with van der Waals surface area (Å²) >= 11 is 1.45. The largest absolute Gasteiger partial charge is 0.411 e. The summed E-state index contributed by atoms with van der Waals surface area (Å²) in [4.78, 5) is 26.8. The smallest absolute Gasteiger partial charge is 0.229 e. The third-order valence-electron chi connectivity index (χ3n) is 5.35. The molecule has 4 aromatic heterocycles. The molecule has 2 N–H and O–H groups in total. The molecule has 1 saturated carbocycles. The predicted molar refractivity (Wildman–Crippen MR) is 116 cm³/mol. The molecule has 0 unspecified atom stereocenters. The van der Waals surface area contributed by atoms with Gasteiger partial charge in [0.2, 0.25) is 5.91 Å². The first-order valence-electron chi connectivity index (χ1n) is 9.84. The van der Waals surface area contributed by atoms with Crippen LogP contribution in [-0.4, -0.2) is 36.2 Å². The summed E-state index contributed by atoms with van der Waals surface area (Å²) in [6, 6.07) is 3.91. The maximum atomic E-state index is 12.1. The lowest BCUT2D eigenvalue weighted by molar-refractivity contribution is -0.117. The number of oxime groups is 1. The first-order chi connectivity index (χ1) is 14.6. The van der Waals surface area contributed by atoms with Gasteiger partial charge in [-0.3, -0.25) is 14.2 Å². The first kappa shape index (κ1) is 18.7. The van der Waals surface area contributed by atoms with E-state index >= 15 is 0 Å². The molecule has 4 aromatic rings. The zero-order valence-electron chi connectivity index (χ0n) is 16.6. The van der Waals surface area contributed by atoms with Crippen molar-refractivity contribution in [2.24, 2.45) is 11.1 Å². The van der Waals surface area contributed by atoms with Crippen LogP contribution >= 0.6 is 11.3 Å². The maximum absolute atomic E-state index is 12.1. The third-order valence-corrected chi connectivity index (χ3v) is 6.33. The van der Waals surface area contributed by atoms with Crippen molar-refractivity contribution in [3.05, 3.63) is 42.0 Å². The molecule has 0 atom stereocenters. The lowest BCUT2D eigenvalue weighted by Gasteiger charge is -2.10. The molecular weight excluding hydrogens is 400 g/mol. The van der Waals surface area contributed by atoms with Gasteiger partial charge in [-0.05, 0) is 43.9 Å². The molecule has 0 radical (unpaired) electrons. The van der Waals surface area contributed by atoms with Crippen molar-refractivity contribution in [1.82, 2.24) is 19.4 Å². The third kappa shape index (κ3) is 3.11. The number of amides is 1. The molecule has 0 aliphatic heterocycles. The highest BCUT2D eigenvalue weighted by Crippen LogP contribution is 2.36. The standard InChI is InChI=1S/C21H20N6O2S/c1-3-15(26-29)16-8-11(2)14(10-23-16)13-9-17-20(27-7-6-22-18(13)27)30-21(24-17)25-19(28)12-4-5-12/h6-10,12,29H,3-5H2,1-2H3,(H,24,25,28)/b26-15-. The average molecular weight is 420 g/mol. The van der Waals surface area contributed by atoms with Gasteiger partial charge in [0.25, 0.3) is 0 Å². The Morgan fingerprint density at radius 3 is 2.87 bits per heavy atom. The Balaban J connectivity index is 1.62. The van der Waals surface area contributed by atoms with Gasteiger partial charge in [0.15, 0.2) is 5.13 Å². The number of hydrogen-bond acceptors (Lipinski definition) is 7. The van der Waals surface area contributed by atoms with Gasteiger partial charge in [-0.15, -0.1) is 0 Å². The first-order valence-corrected chi connectivity index (χ1v) is 10.7. The number of pyridine rings is 2. The summed E-state index contributed by atoms with van der Waals surface area (Å²) in [7, 11) is 0. The Kier molecular flexibility index (Phi) is 4.47. The molecule has 1 fully saturated rings. The highest BCUT2D eigenvalue weighted by atomic mass is 32.1. The molecule has 0 spiro atoms. The molecular formula is C21H20N6O2S. The number of imidazole rings is 1. The minimum absolute atomic E-state index is 0.0454. The van der Waals surface area contributed by atoms with Crippen LogP contribution in [0.3, 0.4) is 0 Å². The summed E-state index contributed by atoms with van der Waals surface area (Å²) in [5.41, 5.74) is 5.63. The number of hydrogen-bond donors (Lipinski definition) is 2. The van der Waals surface area contributed by atoms with Crippen LogP contribution in [-0.2, 0) is 4.79 Å². The number of thiazole rings is 1. The van der Waals surface area contributed by atoms with Crippen molar-refractivity contribution >= 4 is 44.1 Å². The number of nitrogens with zero attached hydrogens (tertiary/aromatic N) is 5. The van der Waals surface area contributed by atoms with Gasteiger partial charge >= 0.3 is 0 Å². The fraction of sp³-hybridized carbons (Fsp3) is 0.286. The summed E-state index contributed by atoms with van der Waals surface area (Å²) in [5, 5.41) is 16.1. The summed E-state index contributed by atoms with van der Waals surface area (Å²) in [6.07, 6.45) is 7.93. The zero-order valence-corrected chi connectivity index (χ0v) is 17.4. The minimum Gasteiger partial charge on any atom is -0.411 e. The van der Waals surface area contributed by atoms with Crippen molar-refractivity contribution in [1.29, 1.82) is 0 Å². The Hall–Kier alpha value is -3.33. The molecule has 0 saturated heterocycles. The molecule has 1 aliphatic carbocycles. The minimum atomic E-state index is 0.0454. The van der Waals surface area contributed by atoms with Crippen LogP contribution in [0, 0.1) is 12.8 Å². The SMILES string of the molecule is CC/C(=N/O)c1cc(C)c(-c2cc3nc(NC(=O)C4CC4)sc3n3ccnc23)cn1. The van der Waals surface area contributed by atoms with Gasteiger partial charge in [0, 0.05) is 35.6 Å². The van der Waals surface area contributed by atoms with Gasteiger partial charge in [0.1, 0.15) is 21.7 Å². The van der Waals surface area contributed by atoms with E-state index in [2.05, 4.69) is 25.4 Å². The normalized spacial score (nSPS) is 14.5. The van der Waals surface area contributed by atoms with Crippen LogP contribution in [0.5, 0.6) is 0 Å². The quantitative estimate of drug-likeness (QED) is 0.285. The van der Waals surface area contributed by atoms with E-state index in [1.54, 1.807) is 12.4 Å². The second kappa shape index (κ2) is 7.17. The zero-order chi connectivity index (χ0) is 20.8. The highest BCUT2D eigenvalue weighted by Gasteiger charge is 2.30. The molecule has 0 bridgehead atoms. The van der Waals surface area contributed by atoms with Gasteiger partial charge < -0.3 is 10.5 Å². The van der Waals surface area contributed by atoms with Gasteiger partial charge in [-0.25, -0.2) is 9.97 Å². The number of nitrogens with one attached hydrogen (secondary N) is 1. The molecule has 1 aliphatic rings. The van der Waals surface area contributed by atoms with Crippen molar-refractivity contribution in [3.63, 3.8) is 0 Å². The van der Waals surface area contributed by atoms with Crippen LogP contribution < -0.4 is 5.32 Å². The fourth-order valence-corrected chi connectivity index (χ4v) is 4.50. The van der Waals surface area contributed by atoms with E-state index in [0.717, 1.165) is 45.5 Å². The molecule has 4 heterocycles. The molecule has 8 nitrogen and oxygen atoms in total. The second-order valence-corrected chi connectivity index (χ2v) is 8.41. The Morgan fingerprint density at radius 2 is 2.17 bits per heavy atom. The predicted octanol–water partition coefficient (Wildman–Crippen LogP) is 4.25. The summed E-state index contributed by atoms with van der Waals surface area (Å²) in [6.45, 7) is 3.92.